The smallest absolute Gasteiger partial charge is 0.0374 e. The number of nitrogens with zero attached hydrogens (tertiary/aromatic N) is 1. The van der Waals surface area contributed by atoms with Crippen LogP contribution < -0.4 is 10.2 Å². The summed E-state index contributed by atoms with van der Waals surface area (Å²) >= 11 is 0. The molecule has 1 heterocycles. The fraction of sp³-hybridized carbons (Fsp3) is 0.294. The number of aryl methyl sites for hydroxylation is 1. The number of fused-ring (bicyclic) bond motifs is 1. The van der Waals surface area contributed by atoms with Gasteiger partial charge in [0.25, 0.3) is 0 Å². The van der Waals surface area contributed by atoms with Gasteiger partial charge in [0.05, 0.1) is 0 Å². The molecule has 0 fully saturated rings. The van der Waals surface area contributed by atoms with Crippen molar-refractivity contribution >= 4 is 11.4 Å². The molecule has 1 aliphatic heterocycles. The molecule has 2 aromatic carbocycles. The Morgan fingerprint density at radius 1 is 1.00 bits per heavy atom. The SMILES string of the molecule is Cc1cccc(N2CCNc3ccccc3CC2)c1. The van der Waals surface area contributed by atoms with Crippen LogP contribution in [0.1, 0.15) is 11.1 Å². The molecule has 0 radical (unpaired) electrons. The molecule has 2 aromatic rings. The molecule has 0 aromatic heterocycles. The van der Waals surface area contributed by atoms with Crippen LogP contribution in [0.2, 0.25) is 0 Å². The molecule has 1 N–H and O–H groups in total. The molecule has 0 saturated carbocycles. The Morgan fingerprint density at radius 3 is 2.79 bits per heavy atom. The molecule has 19 heavy (non-hydrogen) atoms. The Hall–Kier alpha value is -1.96. The van der Waals surface area contributed by atoms with Gasteiger partial charge in [-0.1, -0.05) is 30.3 Å². The van der Waals surface area contributed by atoms with Gasteiger partial charge in [0.2, 0.25) is 0 Å². The van der Waals surface area contributed by atoms with Gasteiger partial charge < -0.3 is 10.2 Å². The highest BCUT2D eigenvalue weighted by Crippen LogP contribution is 2.21. The second kappa shape index (κ2) is 5.35. The molecule has 0 saturated heterocycles. The zero-order chi connectivity index (χ0) is 13.1. The maximum atomic E-state index is 3.54. The van der Waals surface area contributed by atoms with Crippen LogP contribution in [0.15, 0.2) is 48.5 Å². The molecule has 0 aliphatic carbocycles. The van der Waals surface area contributed by atoms with E-state index >= 15 is 0 Å². The van der Waals surface area contributed by atoms with E-state index < -0.39 is 0 Å². The van der Waals surface area contributed by atoms with Crippen LogP contribution in [0.25, 0.3) is 0 Å². The van der Waals surface area contributed by atoms with E-state index in [0.29, 0.717) is 0 Å². The van der Waals surface area contributed by atoms with E-state index in [9.17, 15) is 0 Å². The summed E-state index contributed by atoms with van der Waals surface area (Å²) in [6, 6.07) is 17.4. The predicted molar refractivity (Wildman–Crippen MR) is 82.0 cm³/mol. The molecule has 0 bridgehead atoms. The van der Waals surface area contributed by atoms with Gasteiger partial charge in [-0.15, -0.1) is 0 Å². The Kier molecular flexibility index (Phi) is 3.41. The maximum absolute atomic E-state index is 3.54. The van der Waals surface area contributed by atoms with Crippen molar-refractivity contribution in [1.82, 2.24) is 0 Å². The molecule has 0 spiro atoms. The van der Waals surface area contributed by atoms with Crippen molar-refractivity contribution in [2.45, 2.75) is 13.3 Å². The first-order chi connectivity index (χ1) is 9.33. The standard InChI is InChI=1S/C17H20N2/c1-14-5-4-7-16(13-14)19-11-9-15-6-2-3-8-17(15)18-10-12-19/h2-8,13,18H,9-12H2,1H3. The number of hydrogen-bond donors (Lipinski definition) is 1. The predicted octanol–water partition coefficient (Wildman–Crippen LogP) is 3.47. The third-order valence-electron chi connectivity index (χ3n) is 3.73. The number of benzene rings is 2. The number of nitrogens with one attached hydrogen (secondary N) is 1. The quantitative estimate of drug-likeness (QED) is 0.836. The molecule has 1 aliphatic rings. The van der Waals surface area contributed by atoms with Crippen molar-refractivity contribution in [3.05, 3.63) is 59.7 Å². The van der Waals surface area contributed by atoms with Crippen LogP contribution >= 0.6 is 0 Å². The largest absolute Gasteiger partial charge is 0.383 e. The zero-order valence-electron chi connectivity index (χ0n) is 11.4. The van der Waals surface area contributed by atoms with Crippen molar-refractivity contribution in [1.29, 1.82) is 0 Å². The van der Waals surface area contributed by atoms with Crippen LogP contribution in [0.4, 0.5) is 11.4 Å². The van der Waals surface area contributed by atoms with Gasteiger partial charge in [-0.3, -0.25) is 0 Å². The third-order valence-corrected chi connectivity index (χ3v) is 3.73. The first-order valence-electron chi connectivity index (χ1n) is 6.96. The van der Waals surface area contributed by atoms with E-state index in [1.165, 1.54) is 22.5 Å². The van der Waals surface area contributed by atoms with Crippen molar-refractivity contribution < 1.29 is 0 Å². The summed E-state index contributed by atoms with van der Waals surface area (Å²) in [7, 11) is 0. The van der Waals surface area contributed by atoms with Crippen LogP contribution in [0.5, 0.6) is 0 Å². The van der Waals surface area contributed by atoms with E-state index in [1.54, 1.807) is 0 Å². The Morgan fingerprint density at radius 2 is 1.89 bits per heavy atom. The van der Waals surface area contributed by atoms with Crippen LogP contribution in [-0.2, 0) is 6.42 Å². The summed E-state index contributed by atoms with van der Waals surface area (Å²) < 4.78 is 0. The van der Waals surface area contributed by atoms with Crippen molar-refractivity contribution in [3.8, 4) is 0 Å². The molecule has 0 unspecified atom stereocenters. The van der Waals surface area contributed by atoms with E-state index in [4.69, 9.17) is 0 Å². The van der Waals surface area contributed by atoms with E-state index in [-0.39, 0.29) is 0 Å². The van der Waals surface area contributed by atoms with E-state index in [1.807, 2.05) is 0 Å². The van der Waals surface area contributed by atoms with Gasteiger partial charge in [0.1, 0.15) is 0 Å². The molecule has 3 rings (SSSR count). The second-order valence-corrected chi connectivity index (χ2v) is 5.16. The van der Waals surface area contributed by atoms with Gasteiger partial charge in [-0.05, 0) is 42.7 Å². The minimum atomic E-state index is 0.991. The summed E-state index contributed by atoms with van der Waals surface area (Å²) in [5.74, 6) is 0. The molecular formula is C17H20N2. The first-order valence-corrected chi connectivity index (χ1v) is 6.96. The fourth-order valence-corrected chi connectivity index (χ4v) is 2.69. The van der Waals surface area contributed by atoms with Crippen molar-refractivity contribution in [2.24, 2.45) is 0 Å². The molecular weight excluding hydrogens is 232 g/mol. The Labute approximate surface area is 115 Å². The highest BCUT2D eigenvalue weighted by Gasteiger charge is 2.11. The Balaban J connectivity index is 1.81. The monoisotopic (exact) mass is 252 g/mol. The number of rotatable bonds is 1. The van der Waals surface area contributed by atoms with Crippen molar-refractivity contribution in [3.63, 3.8) is 0 Å². The Bertz CT molecular complexity index is 563. The molecule has 0 amide bonds. The third kappa shape index (κ3) is 2.73. The normalized spacial score (nSPS) is 15.1. The van der Waals surface area contributed by atoms with Gasteiger partial charge in [0.15, 0.2) is 0 Å². The van der Waals surface area contributed by atoms with E-state index in [0.717, 1.165) is 26.1 Å². The zero-order valence-corrected chi connectivity index (χ0v) is 11.4. The number of anilines is 2. The highest BCUT2D eigenvalue weighted by molar-refractivity contribution is 5.54. The number of hydrogen-bond acceptors (Lipinski definition) is 2. The first kappa shape index (κ1) is 12.1. The lowest BCUT2D eigenvalue weighted by Gasteiger charge is -2.28. The molecule has 0 atom stereocenters. The topological polar surface area (TPSA) is 15.3 Å². The van der Waals surface area contributed by atoms with Gasteiger partial charge in [-0.25, -0.2) is 0 Å². The molecule has 2 nitrogen and oxygen atoms in total. The average molecular weight is 252 g/mol. The van der Waals surface area contributed by atoms with E-state index in [2.05, 4.69) is 65.7 Å². The fourth-order valence-electron chi connectivity index (χ4n) is 2.69. The van der Waals surface area contributed by atoms with Crippen molar-refractivity contribution in [2.75, 3.05) is 29.9 Å². The lowest BCUT2D eigenvalue weighted by Crippen LogP contribution is -2.33. The molecule has 98 valence electrons. The summed E-state index contributed by atoms with van der Waals surface area (Å²) in [6.07, 6.45) is 1.09. The van der Waals surface area contributed by atoms with Crippen LogP contribution in [0, 0.1) is 6.92 Å². The summed E-state index contributed by atoms with van der Waals surface area (Å²) in [5, 5.41) is 3.54. The van der Waals surface area contributed by atoms with Gasteiger partial charge >= 0.3 is 0 Å². The summed E-state index contributed by atoms with van der Waals surface area (Å²) in [4.78, 5) is 2.47. The second-order valence-electron chi connectivity index (χ2n) is 5.16. The summed E-state index contributed by atoms with van der Waals surface area (Å²) in [5.41, 5.74) is 5.38. The minimum absolute atomic E-state index is 0.991. The van der Waals surface area contributed by atoms with Crippen LogP contribution in [-0.4, -0.2) is 19.6 Å². The molecule has 2 heteroatoms. The van der Waals surface area contributed by atoms with Gasteiger partial charge in [0, 0.05) is 31.0 Å². The summed E-state index contributed by atoms with van der Waals surface area (Å²) in [6.45, 7) is 5.28. The average Bonchev–Trinajstić information content (AvgIpc) is 2.40. The lowest BCUT2D eigenvalue weighted by molar-refractivity contribution is 0.774. The maximum Gasteiger partial charge on any atom is 0.0374 e. The van der Waals surface area contributed by atoms with Crippen LogP contribution in [0.3, 0.4) is 0 Å². The minimum Gasteiger partial charge on any atom is -0.383 e. The van der Waals surface area contributed by atoms with Gasteiger partial charge in [-0.2, -0.15) is 0 Å². The highest BCUT2D eigenvalue weighted by atomic mass is 15.1. The number of para-hydroxylation sites is 1. The lowest BCUT2D eigenvalue weighted by atomic mass is 10.1.